The first-order valence-corrected chi connectivity index (χ1v) is 6.57. The van der Waals surface area contributed by atoms with Gasteiger partial charge in [0.25, 0.3) is 0 Å². The molecule has 0 unspecified atom stereocenters. The van der Waals surface area contributed by atoms with Crippen molar-refractivity contribution >= 4 is 23.6 Å². The molecular weight excluding hydrogens is 230 g/mol. The number of furan rings is 1. The quantitative estimate of drug-likeness (QED) is 0.628. The fourth-order valence-electron chi connectivity index (χ4n) is 2.08. The van der Waals surface area contributed by atoms with Gasteiger partial charge in [-0.05, 0) is 6.07 Å². The van der Waals surface area contributed by atoms with Crippen LogP contribution >= 0.6 is 12.6 Å². The minimum Gasteiger partial charge on any atom is -0.464 e. The molecule has 1 N–H and O–H groups in total. The van der Waals surface area contributed by atoms with Crippen molar-refractivity contribution in [1.82, 2.24) is 5.32 Å². The first kappa shape index (κ1) is 12.5. The highest BCUT2D eigenvalue weighted by molar-refractivity contribution is 7.80. The van der Waals surface area contributed by atoms with E-state index >= 15 is 0 Å². The van der Waals surface area contributed by atoms with Gasteiger partial charge < -0.3 is 9.73 Å². The van der Waals surface area contributed by atoms with Gasteiger partial charge in [-0.1, -0.05) is 32.0 Å². The Labute approximate surface area is 108 Å². The summed E-state index contributed by atoms with van der Waals surface area (Å²) in [5.74, 6) is 0.863. The molecule has 17 heavy (non-hydrogen) atoms. The predicted molar refractivity (Wildman–Crippen MR) is 76.0 cm³/mol. The summed E-state index contributed by atoms with van der Waals surface area (Å²) in [4.78, 5) is 0. The minimum absolute atomic E-state index is 0.0650. The number of fused-ring (bicyclic) bond motifs is 1. The molecule has 2 rings (SSSR count). The van der Waals surface area contributed by atoms with E-state index in [0.29, 0.717) is 0 Å². The van der Waals surface area contributed by atoms with E-state index in [1.165, 1.54) is 10.9 Å². The largest absolute Gasteiger partial charge is 0.464 e. The number of benzene rings is 1. The van der Waals surface area contributed by atoms with Crippen molar-refractivity contribution in [2.75, 3.05) is 18.8 Å². The second kappa shape index (κ2) is 5.15. The number of para-hydroxylation sites is 1. The van der Waals surface area contributed by atoms with Crippen molar-refractivity contribution in [3.05, 3.63) is 36.1 Å². The second-order valence-corrected chi connectivity index (χ2v) is 5.38. The van der Waals surface area contributed by atoms with Gasteiger partial charge in [0, 0.05) is 35.2 Å². The molecule has 0 bridgehead atoms. The lowest BCUT2D eigenvalue weighted by Gasteiger charge is -2.24. The van der Waals surface area contributed by atoms with Crippen LogP contribution in [-0.2, 0) is 5.41 Å². The Hall–Kier alpha value is -0.930. The number of thiol groups is 1. The van der Waals surface area contributed by atoms with Crippen molar-refractivity contribution < 1.29 is 4.42 Å². The number of hydrogen-bond acceptors (Lipinski definition) is 3. The molecular formula is C14H19NOS. The summed E-state index contributed by atoms with van der Waals surface area (Å²) in [5.41, 5.74) is 2.29. The molecule has 0 atom stereocenters. The Kier molecular flexibility index (Phi) is 3.79. The first-order chi connectivity index (χ1) is 8.15. The third-order valence-electron chi connectivity index (χ3n) is 3.07. The Balaban J connectivity index is 2.25. The van der Waals surface area contributed by atoms with Gasteiger partial charge in [0.05, 0.1) is 6.26 Å². The lowest BCUT2D eigenvalue weighted by Crippen LogP contribution is -2.33. The molecule has 2 aromatic rings. The number of hydrogen-bond donors (Lipinski definition) is 2. The molecule has 0 radical (unpaired) electrons. The van der Waals surface area contributed by atoms with Gasteiger partial charge in [-0.25, -0.2) is 0 Å². The molecule has 92 valence electrons. The Morgan fingerprint density at radius 1 is 1.29 bits per heavy atom. The molecule has 0 spiro atoms. The van der Waals surface area contributed by atoms with E-state index in [2.05, 4.69) is 43.9 Å². The maximum absolute atomic E-state index is 5.60. The molecule has 0 fully saturated rings. The van der Waals surface area contributed by atoms with Crippen LogP contribution < -0.4 is 5.32 Å². The number of nitrogens with one attached hydrogen (secondary N) is 1. The minimum atomic E-state index is 0.0650. The lowest BCUT2D eigenvalue weighted by atomic mass is 9.84. The van der Waals surface area contributed by atoms with Crippen LogP contribution in [-0.4, -0.2) is 18.8 Å². The van der Waals surface area contributed by atoms with Crippen LogP contribution in [0.15, 0.2) is 34.9 Å². The van der Waals surface area contributed by atoms with E-state index in [0.717, 1.165) is 24.4 Å². The highest BCUT2D eigenvalue weighted by Gasteiger charge is 2.24. The molecule has 1 aromatic heterocycles. The van der Waals surface area contributed by atoms with Gasteiger partial charge in [0.1, 0.15) is 5.58 Å². The smallest absolute Gasteiger partial charge is 0.134 e. The zero-order valence-electron chi connectivity index (χ0n) is 10.4. The third kappa shape index (κ3) is 2.67. The molecule has 0 amide bonds. The Morgan fingerprint density at radius 2 is 2.06 bits per heavy atom. The van der Waals surface area contributed by atoms with E-state index in [4.69, 9.17) is 4.42 Å². The van der Waals surface area contributed by atoms with Crippen LogP contribution in [0.1, 0.15) is 19.4 Å². The van der Waals surface area contributed by atoms with Crippen molar-refractivity contribution in [1.29, 1.82) is 0 Å². The van der Waals surface area contributed by atoms with E-state index in [1.54, 1.807) is 0 Å². The summed E-state index contributed by atoms with van der Waals surface area (Å²) < 4.78 is 5.60. The molecule has 0 aliphatic rings. The van der Waals surface area contributed by atoms with Crippen LogP contribution in [0.5, 0.6) is 0 Å². The summed E-state index contributed by atoms with van der Waals surface area (Å²) in [6, 6.07) is 8.19. The molecule has 1 heterocycles. The molecule has 0 aliphatic carbocycles. The SMILES string of the molecule is CC(C)(CNCCS)c1coc2ccccc12. The lowest BCUT2D eigenvalue weighted by molar-refractivity contribution is 0.472. The average Bonchev–Trinajstić information content (AvgIpc) is 2.73. The maximum Gasteiger partial charge on any atom is 0.134 e. The molecule has 3 heteroatoms. The Bertz CT molecular complexity index is 490. The van der Waals surface area contributed by atoms with Crippen LogP contribution in [0.3, 0.4) is 0 Å². The fraction of sp³-hybridized carbons (Fsp3) is 0.429. The summed E-state index contributed by atoms with van der Waals surface area (Å²) in [6.45, 7) is 6.32. The zero-order chi connectivity index (χ0) is 12.3. The van der Waals surface area contributed by atoms with Crippen molar-refractivity contribution in [3.8, 4) is 0 Å². The van der Waals surface area contributed by atoms with Crippen molar-refractivity contribution in [3.63, 3.8) is 0 Å². The highest BCUT2D eigenvalue weighted by Crippen LogP contribution is 2.31. The summed E-state index contributed by atoms with van der Waals surface area (Å²) in [6.07, 6.45) is 1.88. The zero-order valence-corrected chi connectivity index (χ0v) is 11.3. The van der Waals surface area contributed by atoms with Gasteiger partial charge >= 0.3 is 0 Å². The van der Waals surface area contributed by atoms with Gasteiger partial charge in [0.2, 0.25) is 0 Å². The van der Waals surface area contributed by atoms with E-state index < -0.39 is 0 Å². The van der Waals surface area contributed by atoms with Crippen molar-refractivity contribution in [2.24, 2.45) is 0 Å². The fourth-order valence-corrected chi connectivity index (χ4v) is 2.24. The molecule has 0 saturated heterocycles. The van der Waals surface area contributed by atoms with Crippen LogP contribution in [0.25, 0.3) is 11.0 Å². The van der Waals surface area contributed by atoms with Crippen molar-refractivity contribution in [2.45, 2.75) is 19.3 Å². The molecule has 2 nitrogen and oxygen atoms in total. The maximum atomic E-state index is 5.60. The number of rotatable bonds is 5. The predicted octanol–water partition coefficient (Wildman–Crippen LogP) is 3.23. The second-order valence-electron chi connectivity index (χ2n) is 4.93. The van der Waals surface area contributed by atoms with Gasteiger partial charge in [-0.15, -0.1) is 0 Å². The summed E-state index contributed by atoms with van der Waals surface area (Å²) in [7, 11) is 0. The van der Waals surface area contributed by atoms with Gasteiger partial charge in [-0.3, -0.25) is 0 Å². The normalized spacial score (nSPS) is 12.2. The summed E-state index contributed by atoms with van der Waals surface area (Å²) in [5, 5.41) is 4.62. The van der Waals surface area contributed by atoms with Crippen LogP contribution in [0.2, 0.25) is 0 Å². The standard InChI is InChI=1S/C14H19NOS/c1-14(2,10-15-7-8-17)12-9-16-13-6-4-3-5-11(12)13/h3-6,9,15,17H,7-8,10H2,1-2H3. The third-order valence-corrected chi connectivity index (χ3v) is 3.29. The average molecular weight is 249 g/mol. The molecule has 0 aliphatic heterocycles. The van der Waals surface area contributed by atoms with Gasteiger partial charge in [-0.2, -0.15) is 12.6 Å². The van der Waals surface area contributed by atoms with E-state index in [9.17, 15) is 0 Å². The van der Waals surface area contributed by atoms with Crippen LogP contribution in [0, 0.1) is 0 Å². The monoisotopic (exact) mass is 249 g/mol. The van der Waals surface area contributed by atoms with E-state index in [1.807, 2.05) is 18.4 Å². The molecule has 0 saturated carbocycles. The van der Waals surface area contributed by atoms with E-state index in [-0.39, 0.29) is 5.41 Å². The van der Waals surface area contributed by atoms with Gasteiger partial charge in [0.15, 0.2) is 0 Å². The van der Waals surface area contributed by atoms with Crippen LogP contribution in [0.4, 0.5) is 0 Å². The molecule has 1 aromatic carbocycles. The summed E-state index contributed by atoms with van der Waals surface area (Å²) >= 11 is 4.20. The topological polar surface area (TPSA) is 25.2 Å². The Morgan fingerprint density at radius 3 is 2.82 bits per heavy atom. The first-order valence-electron chi connectivity index (χ1n) is 5.93. The highest BCUT2D eigenvalue weighted by atomic mass is 32.1.